The fourth-order valence-corrected chi connectivity index (χ4v) is 4.00. The van der Waals surface area contributed by atoms with Gasteiger partial charge in [0, 0.05) is 16.7 Å². The minimum Gasteiger partial charge on any atom is -0.438 e. The third-order valence-corrected chi connectivity index (χ3v) is 5.95. The van der Waals surface area contributed by atoms with Gasteiger partial charge in [0.05, 0.1) is 0 Å². The van der Waals surface area contributed by atoms with E-state index in [0.29, 0.717) is 11.4 Å². The molecule has 1 aromatic carbocycles. The van der Waals surface area contributed by atoms with Crippen LogP contribution in [0.15, 0.2) is 57.4 Å². The van der Waals surface area contributed by atoms with E-state index in [1.165, 1.54) is 10.5 Å². The van der Waals surface area contributed by atoms with Gasteiger partial charge in [-0.25, -0.2) is 0 Å². The lowest BCUT2D eigenvalue weighted by Crippen LogP contribution is -2.33. The van der Waals surface area contributed by atoms with E-state index < -0.39 is 11.5 Å². The fourth-order valence-electron chi connectivity index (χ4n) is 3.73. The summed E-state index contributed by atoms with van der Waals surface area (Å²) in [7, 11) is 0. The van der Waals surface area contributed by atoms with E-state index in [9.17, 15) is 14.9 Å². The van der Waals surface area contributed by atoms with Gasteiger partial charge in [-0.2, -0.15) is 10.2 Å². The summed E-state index contributed by atoms with van der Waals surface area (Å²) in [5.74, 6) is 0.0115. The number of amides is 1. The van der Waals surface area contributed by atoms with Gasteiger partial charge in [0.2, 0.25) is 5.88 Å². The number of fused-ring (bicyclic) bond motifs is 1. The molecule has 3 aromatic rings. The van der Waals surface area contributed by atoms with Crippen LogP contribution in [0.3, 0.4) is 0 Å². The second-order valence-corrected chi connectivity index (χ2v) is 8.62. The van der Waals surface area contributed by atoms with Gasteiger partial charge in [-0.15, -0.1) is 0 Å². The summed E-state index contributed by atoms with van der Waals surface area (Å²) in [6.07, 6.45) is 6.75. The number of nitriles is 1. The Morgan fingerprint density at radius 2 is 2.00 bits per heavy atom. The largest absolute Gasteiger partial charge is 0.438 e. The van der Waals surface area contributed by atoms with Crippen LogP contribution in [0.5, 0.6) is 11.6 Å². The molecule has 1 fully saturated rings. The highest BCUT2D eigenvalue weighted by atomic mass is 79.9. The number of aromatic nitrogens is 2. The lowest BCUT2D eigenvalue weighted by molar-refractivity contribution is -0.117. The number of carbonyl (C=O) groups excluding carboxylic acids is 1. The normalized spacial score (nSPS) is 14.3. The van der Waals surface area contributed by atoms with Gasteiger partial charge in [-0.1, -0.05) is 34.8 Å². The topological polar surface area (TPSA) is 96.5 Å². The zero-order chi connectivity index (χ0) is 22.7. The molecule has 162 valence electrons. The molecule has 7 nitrogen and oxygen atoms in total. The molecule has 4 rings (SSSR count). The lowest BCUT2D eigenvalue weighted by Gasteiger charge is -2.13. The number of hydrogen-bond acceptors (Lipinski definition) is 5. The predicted octanol–water partition coefficient (Wildman–Crippen LogP) is 4.52. The number of carbonyl (C=O) groups is 1. The first-order chi connectivity index (χ1) is 15.5. The Hall–Kier alpha value is -3.44. The van der Waals surface area contributed by atoms with Gasteiger partial charge in [-0.05, 0) is 61.7 Å². The van der Waals surface area contributed by atoms with E-state index in [1.54, 1.807) is 36.5 Å². The molecule has 1 aliphatic rings. The molecule has 0 spiro atoms. The van der Waals surface area contributed by atoms with Crippen molar-refractivity contribution in [3.63, 3.8) is 0 Å². The molecule has 0 saturated heterocycles. The second-order valence-electron chi connectivity index (χ2n) is 7.70. The molecular formula is C24H21BrN4O3. The zero-order valence-corrected chi connectivity index (χ0v) is 19.1. The highest BCUT2D eigenvalue weighted by molar-refractivity contribution is 9.10. The molecule has 2 heterocycles. The van der Waals surface area contributed by atoms with Crippen molar-refractivity contribution >= 4 is 33.6 Å². The van der Waals surface area contributed by atoms with Crippen LogP contribution in [-0.4, -0.2) is 21.3 Å². The first kappa shape index (κ1) is 21.8. The van der Waals surface area contributed by atoms with E-state index in [2.05, 4.69) is 26.2 Å². The summed E-state index contributed by atoms with van der Waals surface area (Å²) < 4.78 is 8.20. The minimum absolute atomic E-state index is 0.0352. The number of halogens is 1. The van der Waals surface area contributed by atoms with Crippen molar-refractivity contribution in [3.05, 3.63) is 74.1 Å². The Morgan fingerprint density at radius 3 is 2.69 bits per heavy atom. The van der Waals surface area contributed by atoms with Crippen LogP contribution in [0.25, 0.3) is 11.7 Å². The second kappa shape index (κ2) is 9.37. The monoisotopic (exact) mass is 492 g/mol. The SMILES string of the molecule is Cc1cccn2c(=O)c(C=C(C#N)C(=O)NC3CCCC3)c(Oc3ccc(Br)cc3)nc12. The number of hydrogen-bond donors (Lipinski definition) is 1. The van der Waals surface area contributed by atoms with Crippen LogP contribution in [0.4, 0.5) is 0 Å². The molecule has 8 heteroatoms. The summed E-state index contributed by atoms with van der Waals surface area (Å²) in [5, 5.41) is 12.5. The maximum Gasteiger partial charge on any atom is 0.269 e. The Bertz CT molecular complexity index is 1300. The molecule has 1 aliphatic carbocycles. The van der Waals surface area contributed by atoms with Crippen LogP contribution < -0.4 is 15.6 Å². The van der Waals surface area contributed by atoms with E-state index in [4.69, 9.17) is 4.74 Å². The summed E-state index contributed by atoms with van der Waals surface area (Å²) in [5.41, 5.74) is 0.682. The van der Waals surface area contributed by atoms with Crippen LogP contribution in [-0.2, 0) is 4.79 Å². The summed E-state index contributed by atoms with van der Waals surface area (Å²) >= 11 is 3.38. The Morgan fingerprint density at radius 1 is 1.28 bits per heavy atom. The van der Waals surface area contributed by atoms with E-state index in [-0.39, 0.29) is 23.1 Å². The number of rotatable bonds is 5. The quantitative estimate of drug-likeness (QED) is 0.417. The van der Waals surface area contributed by atoms with Gasteiger partial charge in [0.25, 0.3) is 11.5 Å². The molecule has 1 saturated carbocycles. The molecular weight excluding hydrogens is 472 g/mol. The molecule has 0 radical (unpaired) electrons. The Labute approximate surface area is 193 Å². The van der Waals surface area contributed by atoms with Crippen LogP contribution in [0.2, 0.25) is 0 Å². The molecule has 2 aromatic heterocycles. The maximum absolute atomic E-state index is 13.3. The van der Waals surface area contributed by atoms with E-state index in [1.807, 2.05) is 19.1 Å². The number of nitrogens with zero attached hydrogens (tertiary/aromatic N) is 3. The molecule has 0 unspecified atom stereocenters. The molecule has 0 aliphatic heterocycles. The highest BCUT2D eigenvalue weighted by Gasteiger charge is 2.21. The standard InChI is InChI=1S/C24H21BrN4O3/c1-15-5-4-12-29-21(15)28-23(32-19-10-8-17(25)9-11-19)20(24(29)31)13-16(14-26)22(30)27-18-6-2-3-7-18/h4-5,8-13,18H,2-3,6-7H2,1H3,(H,27,30). The lowest BCUT2D eigenvalue weighted by atomic mass is 10.1. The van der Waals surface area contributed by atoms with Crippen LogP contribution >= 0.6 is 15.9 Å². The van der Waals surface area contributed by atoms with Crippen molar-refractivity contribution in [1.29, 1.82) is 5.26 Å². The number of benzene rings is 1. The molecule has 0 atom stereocenters. The Kier molecular flexibility index (Phi) is 6.37. The van der Waals surface area contributed by atoms with Crippen molar-refractivity contribution in [1.82, 2.24) is 14.7 Å². The van der Waals surface area contributed by atoms with Crippen molar-refractivity contribution in [2.45, 2.75) is 38.6 Å². The van der Waals surface area contributed by atoms with Gasteiger partial charge in [0.15, 0.2) is 0 Å². The first-order valence-corrected chi connectivity index (χ1v) is 11.1. The van der Waals surface area contributed by atoms with Crippen molar-refractivity contribution in [2.24, 2.45) is 0 Å². The van der Waals surface area contributed by atoms with Gasteiger partial charge < -0.3 is 10.1 Å². The highest BCUT2D eigenvalue weighted by Crippen LogP contribution is 2.26. The average molecular weight is 493 g/mol. The van der Waals surface area contributed by atoms with Gasteiger partial charge in [0.1, 0.15) is 28.6 Å². The molecule has 1 amide bonds. The third kappa shape index (κ3) is 4.58. The third-order valence-electron chi connectivity index (χ3n) is 5.42. The zero-order valence-electron chi connectivity index (χ0n) is 17.5. The van der Waals surface area contributed by atoms with Crippen molar-refractivity contribution < 1.29 is 9.53 Å². The average Bonchev–Trinajstić information content (AvgIpc) is 3.29. The van der Waals surface area contributed by atoms with Crippen molar-refractivity contribution in [3.8, 4) is 17.7 Å². The van der Waals surface area contributed by atoms with Crippen molar-refractivity contribution in [2.75, 3.05) is 0 Å². The summed E-state index contributed by atoms with van der Waals surface area (Å²) in [6.45, 7) is 1.84. The summed E-state index contributed by atoms with van der Waals surface area (Å²) in [6, 6.07) is 12.6. The number of ether oxygens (including phenoxy) is 1. The van der Waals surface area contributed by atoms with E-state index in [0.717, 1.165) is 35.7 Å². The van der Waals surface area contributed by atoms with E-state index >= 15 is 0 Å². The van der Waals surface area contributed by atoms with Gasteiger partial charge in [-0.3, -0.25) is 14.0 Å². The summed E-state index contributed by atoms with van der Waals surface area (Å²) in [4.78, 5) is 30.6. The van der Waals surface area contributed by atoms with Crippen LogP contribution in [0.1, 0.15) is 36.8 Å². The first-order valence-electron chi connectivity index (χ1n) is 10.3. The number of aryl methyl sites for hydroxylation is 1. The molecule has 0 bridgehead atoms. The molecule has 1 N–H and O–H groups in total. The fraction of sp³-hybridized carbons (Fsp3) is 0.250. The number of nitrogens with one attached hydrogen (secondary N) is 1. The maximum atomic E-state index is 13.3. The molecule has 32 heavy (non-hydrogen) atoms. The minimum atomic E-state index is -0.497. The van der Waals surface area contributed by atoms with Gasteiger partial charge >= 0.3 is 0 Å². The van der Waals surface area contributed by atoms with Crippen LogP contribution in [0, 0.1) is 18.3 Å². The smallest absolute Gasteiger partial charge is 0.269 e. The Balaban J connectivity index is 1.81. The predicted molar refractivity (Wildman–Crippen MR) is 124 cm³/mol. The number of pyridine rings is 1.